The number of hydrogen-bond donors (Lipinski definition) is 2. The van der Waals surface area contributed by atoms with Crippen LogP contribution in [0.5, 0.6) is 0 Å². The van der Waals surface area contributed by atoms with Gasteiger partial charge in [0.05, 0.1) is 6.61 Å². The van der Waals surface area contributed by atoms with Crippen LogP contribution >= 0.6 is 0 Å². The number of anilines is 1. The SMILES string of the molecule is CCNCc1c(F)cccc1N(C)C(C)CO. The lowest BCUT2D eigenvalue weighted by Crippen LogP contribution is -2.33. The molecule has 1 aromatic carbocycles. The number of benzene rings is 1. The number of nitrogens with one attached hydrogen (secondary N) is 1. The van der Waals surface area contributed by atoms with Gasteiger partial charge in [-0.25, -0.2) is 4.39 Å². The topological polar surface area (TPSA) is 35.5 Å². The molecule has 3 nitrogen and oxygen atoms in total. The van der Waals surface area contributed by atoms with Crippen molar-refractivity contribution in [3.63, 3.8) is 0 Å². The van der Waals surface area contributed by atoms with Crippen molar-refractivity contribution in [2.24, 2.45) is 0 Å². The first-order valence-electron chi connectivity index (χ1n) is 5.93. The molecule has 0 aromatic heterocycles. The average molecular weight is 240 g/mol. The van der Waals surface area contributed by atoms with E-state index in [4.69, 9.17) is 5.11 Å². The van der Waals surface area contributed by atoms with Gasteiger partial charge in [0.1, 0.15) is 5.82 Å². The third-order valence-corrected chi connectivity index (χ3v) is 2.95. The van der Waals surface area contributed by atoms with Gasteiger partial charge in [-0.15, -0.1) is 0 Å². The molecule has 0 saturated carbocycles. The summed E-state index contributed by atoms with van der Waals surface area (Å²) in [6.45, 7) is 5.24. The van der Waals surface area contributed by atoms with E-state index in [0.29, 0.717) is 12.1 Å². The van der Waals surface area contributed by atoms with Gasteiger partial charge in [-0.3, -0.25) is 0 Å². The quantitative estimate of drug-likeness (QED) is 0.795. The van der Waals surface area contributed by atoms with Gasteiger partial charge in [-0.2, -0.15) is 0 Å². The molecule has 4 heteroatoms. The maximum Gasteiger partial charge on any atom is 0.129 e. The molecule has 0 spiro atoms. The molecule has 0 bridgehead atoms. The van der Waals surface area contributed by atoms with Crippen molar-refractivity contribution >= 4 is 5.69 Å². The summed E-state index contributed by atoms with van der Waals surface area (Å²) in [5.41, 5.74) is 1.48. The Hall–Kier alpha value is -1.13. The summed E-state index contributed by atoms with van der Waals surface area (Å²) < 4.78 is 13.8. The number of likely N-dealkylation sites (N-methyl/N-ethyl adjacent to an activating group) is 1. The van der Waals surface area contributed by atoms with Crippen molar-refractivity contribution in [3.8, 4) is 0 Å². The second-order valence-corrected chi connectivity index (χ2v) is 4.16. The lowest BCUT2D eigenvalue weighted by Gasteiger charge is -2.28. The largest absolute Gasteiger partial charge is 0.394 e. The first-order chi connectivity index (χ1) is 8.11. The fourth-order valence-electron chi connectivity index (χ4n) is 1.66. The minimum Gasteiger partial charge on any atom is -0.394 e. The van der Waals surface area contributed by atoms with Crippen LogP contribution in [0, 0.1) is 5.82 Å². The van der Waals surface area contributed by atoms with Crippen molar-refractivity contribution in [1.29, 1.82) is 0 Å². The molecular formula is C13H21FN2O. The molecule has 0 radical (unpaired) electrons. The normalized spacial score (nSPS) is 12.5. The van der Waals surface area contributed by atoms with Crippen molar-refractivity contribution in [1.82, 2.24) is 5.32 Å². The molecule has 0 aliphatic carbocycles. The first-order valence-corrected chi connectivity index (χ1v) is 5.93. The monoisotopic (exact) mass is 240 g/mol. The highest BCUT2D eigenvalue weighted by molar-refractivity contribution is 5.54. The second-order valence-electron chi connectivity index (χ2n) is 4.16. The number of hydrogen-bond acceptors (Lipinski definition) is 3. The minimum atomic E-state index is -0.208. The molecule has 2 N–H and O–H groups in total. The predicted molar refractivity (Wildman–Crippen MR) is 68.7 cm³/mol. The molecule has 0 amide bonds. The van der Waals surface area contributed by atoms with Crippen molar-refractivity contribution in [2.45, 2.75) is 26.4 Å². The standard InChI is InChI=1S/C13H21FN2O/c1-4-15-8-11-12(14)6-5-7-13(11)16(3)10(2)9-17/h5-7,10,15,17H,4,8-9H2,1-3H3. The van der Waals surface area contributed by atoms with E-state index in [-0.39, 0.29) is 18.5 Å². The lowest BCUT2D eigenvalue weighted by molar-refractivity contribution is 0.270. The number of rotatable bonds is 6. The molecule has 96 valence electrons. The van der Waals surface area contributed by atoms with Gasteiger partial charge in [0, 0.05) is 30.9 Å². The summed E-state index contributed by atoms with van der Waals surface area (Å²) in [6, 6.07) is 5.01. The van der Waals surface area contributed by atoms with E-state index in [1.807, 2.05) is 31.9 Å². The Balaban J connectivity index is 3.00. The Morgan fingerprint density at radius 1 is 1.47 bits per heavy atom. The summed E-state index contributed by atoms with van der Waals surface area (Å²) in [5, 5.41) is 12.3. The molecule has 0 fully saturated rings. The molecule has 0 heterocycles. The zero-order valence-corrected chi connectivity index (χ0v) is 10.7. The van der Waals surface area contributed by atoms with Gasteiger partial charge >= 0.3 is 0 Å². The fourth-order valence-corrected chi connectivity index (χ4v) is 1.66. The van der Waals surface area contributed by atoms with Crippen LogP contribution in [0.1, 0.15) is 19.4 Å². The van der Waals surface area contributed by atoms with E-state index in [1.54, 1.807) is 6.07 Å². The Morgan fingerprint density at radius 2 is 2.18 bits per heavy atom. The Kier molecular flexibility index (Phi) is 5.38. The van der Waals surface area contributed by atoms with Gasteiger partial charge in [-0.05, 0) is 25.6 Å². The first kappa shape index (κ1) is 13.9. The third-order valence-electron chi connectivity index (χ3n) is 2.95. The summed E-state index contributed by atoms with van der Waals surface area (Å²) >= 11 is 0. The molecular weight excluding hydrogens is 219 g/mol. The zero-order valence-electron chi connectivity index (χ0n) is 10.7. The molecule has 1 aromatic rings. The second kappa shape index (κ2) is 6.57. The van der Waals surface area contributed by atoms with E-state index in [0.717, 1.165) is 12.2 Å². The lowest BCUT2D eigenvalue weighted by atomic mass is 10.1. The summed E-state index contributed by atoms with van der Waals surface area (Å²) in [6.07, 6.45) is 0. The van der Waals surface area contributed by atoms with Crippen LogP contribution < -0.4 is 10.2 Å². The fraction of sp³-hybridized carbons (Fsp3) is 0.538. The summed E-state index contributed by atoms with van der Waals surface area (Å²) in [5.74, 6) is -0.208. The van der Waals surface area contributed by atoms with Gasteiger partial charge < -0.3 is 15.3 Å². The van der Waals surface area contributed by atoms with E-state index in [1.165, 1.54) is 6.07 Å². The van der Waals surface area contributed by atoms with Crippen molar-refractivity contribution in [2.75, 3.05) is 25.1 Å². The molecule has 0 aliphatic rings. The highest BCUT2D eigenvalue weighted by atomic mass is 19.1. The Labute approximate surface area is 102 Å². The van der Waals surface area contributed by atoms with E-state index in [2.05, 4.69) is 5.32 Å². The Morgan fingerprint density at radius 3 is 2.76 bits per heavy atom. The van der Waals surface area contributed by atoms with Gasteiger partial charge in [0.25, 0.3) is 0 Å². The highest BCUT2D eigenvalue weighted by Gasteiger charge is 2.15. The summed E-state index contributed by atoms with van der Waals surface area (Å²) in [7, 11) is 1.87. The third kappa shape index (κ3) is 3.41. The number of nitrogens with zero attached hydrogens (tertiary/aromatic N) is 1. The molecule has 1 atom stereocenters. The van der Waals surface area contributed by atoms with Crippen LogP contribution in [-0.4, -0.2) is 31.3 Å². The van der Waals surface area contributed by atoms with Gasteiger partial charge in [-0.1, -0.05) is 13.0 Å². The van der Waals surface area contributed by atoms with E-state index >= 15 is 0 Å². The highest BCUT2D eigenvalue weighted by Crippen LogP contribution is 2.23. The van der Waals surface area contributed by atoms with E-state index in [9.17, 15) is 4.39 Å². The molecule has 0 aliphatic heterocycles. The van der Waals surface area contributed by atoms with Crippen molar-refractivity contribution < 1.29 is 9.50 Å². The smallest absolute Gasteiger partial charge is 0.129 e. The molecule has 1 rings (SSSR count). The summed E-state index contributed by atoms with van der Waals surface area (Å²) in [4.78, 5) is 1.90. The predicted octanol–water partition coefficient (Wildman–Crippen LogP) is 1.75. The number of aliphatic hydroxyl groups is 1. The average Bonchev–Trinajstić information content (AvgIpc) is 2.35. The number of aliphatic hydroxyl groups excluding tert-OH is 1. The zero-order chi connectivity index (χ0) is 12.8. The molecule has 1 unspecified atom stereocenters. The molecule has 17 heavy (non-hydrogen) atoms. The van der Waals surface area contributed by atoms with Crippen LogP contribution in [0.25, 0.3) is 0 Å². The van der Waals surface area contributed by atoms with Gasteiger partial charge in [0.15, 0.2) is 0 Å². The van der Waals surface area contributed by atoms with Crippen LogP contribution in [-0.2, 0) is 6.54 Å². The van der Waals surface area contributed by atoms with Gasteiger partial charge in [0.2, 0.25) is 0 Å². The van der Waals surface area contributed by atoms with Crippen LogP contribution in [0.4, 0.5) is 10.1 Å². The minimum absolute atomic E-state index is 0.0304. The van der Waals surface area contributed by atoms with Crippen molar-refractivity contribution in [3.05, 3.63) is 29.6 Å². The van der Waals surface area contributed by atoms with Crippen LogP contribution in [0.3, 0.4) is 0 Å². The maximum atomic E-state index is 13.8. The molecule has 0 saturated heterocycles. The number of halogens is 1. The Bertz CT molecular complexity index is 357. The maximum absolute atomic E-state index is 13.8. The van der Waals surface area contributed by atoms with Crippen LogP contribution in [0.2, 0.25) is 0 Å². The van der Waals surface area contributed by atoms with Crippen LogP contribution in [0.15, 0.2) is 18.2 Å². The van der Waals surface area contributed by atoms with E-state index < -0.39 is 0 Å².